The number of furan rings is 1. The summed E-state index contributed by atoms with van der Waals surface area (Å²) in [5.41, 5.74) is 12.4. The lowest BCUT2D eigenvalue weighted by molar-refractivity contribution is 0.669. The molecule has 298 valence electrons. The quantitative estimate of drug-likeness (QED) is 0.173. The maximum Gasteiger partial charge on any atom is 0.164 e. The Morgan fingerprint density at radius 2 is 1.05 bits per heavy atom. The van der Waals surface area contributed by atoms with Crippen LogP contribution in [0.3, 0.4) is 0 Å². The average molecular weight is 836 g/mol. The molecule has 5 heterocycles. The Labute approximate surface area is 370 Å². The van der Waals surface area contributed by atoms with E-state index >= 15 is 0 Å². The first-order valence-corrected chi connectivity index (χ1v) is 22.3. The third-order valence-corrected chi connectivity index (χ3v) is 13.9. The molecule has 0 spiro atoms. The fourth-order valence-electron chi connectivity index (χ4n) is 10.1. The van der Waals surface area contributed by atoms with E-state index in [1.54, 1.807) is 0 Å². The summed E-state index contributed by atoms with van der Waals surface area (Å²) in [4.78, 5) is 18.4. The van der Waals surface area contributed by atoms with Crippen LogP contribution in [0.25, 0.3) is 122 Å². The van der Waals surface area contributed by atoms with Crippen LogP contribution in [0.1, 0.15) is 0 Å². The lowest BCUT2D eigenvalue weighted by Gasteiger charge is -2.21. The SMILES string of the molecule is c1ccc(-n2c3cccc(-c4cccc(-c5nc(-c6cccc7ccccc67)nc(-c6cccc7oc8ccccc8c67)n5)c4)c3c3c4cccc5c4n(c32)-c2ccccc2S5)cc1. The van der Waals surface area contributed by atoms with Gasteiger partial charge in [0.1, 0.15) is 16.8 Å². The second kappa shape index (κ2) is 13.6. The Kier molecular flexibility index (Phi) is 7.52. The van der Waals surface area contributed by atoms with Crippen LogP contribution in [0.5, 0.6) is 0 Å². The van der Waals surface area contributed by atoms with Crippen LogP contribution in [-0.2, 0) is 0 Å². The summed E-state index contributed by atoms with van der Waals surface area (Å²) in [6.07, 6.45) is 0. The molecular formula is C57H33N5OS. The van der Waals surface area contributed by atoms with Crippen molar-refractivity contribution in [2.45, 2.75) is 9.79 Å². The van der Waals surface area contributed by atoms with E-state index in [9.17, 15) is 0 Å². The average Bonchev–Trinajstić information content (AvgIpc) is 4.03. The van der Waals surface area contributed by atoms with Crippen molar-refractivity contribution in [3.63, 3.8) is 0 Å². The standard InChI is InChI=1S/C57H33N5OS/c1-2-19-37(20-3-1)61-45-28-12-23-39(51(45)52-42-25-14-32-49-53(42)62(57(52)61)44-27-7-9-31-48(44)64-49)35-17-10-18-36(33-35)54-58-55(40-24-11-16-34-15-4-5-21-38(34)40)60-56(59-54)43-26-13-30-47-50(43)41-22-6-8-29-46(41)63-47/h1-33H. The molecule has 1 aliphatic rings. The highest BCUT2D eigenvalue weighted by Gasteiger charge is 2.29. The van der Waals surface area contributed by atoms with Gasteiger partial charge in [-0.3, -0.25) is 9.13 Å². The number of aromatic nitrogens is 5. The third-order valence-electron chi connectivity index (χ3n) is 12.8. The van der Waals surface area contributed by atoms with Crippen LogP contribution >= 0.6 is 11.8 Å². The number of para-hydroxylation sites is 4. The van der Waals surface area contributed by atoms with E-state index < -0.39 is 0 Å². The molecule has 9 aromatic carbocycles. The summed E-state index contributed by atoms with van der Waals surface area (Å²) in [7, 11) is 0. The Hall–Kier alpha value is -8.26. The van der Waals surface area contributed by atoms with Gasteiger partial charge in [-0.15, -0.1) is 0 Å². The number of fused-ring (bicyclic) bond motifs is 11. The first-order chi connectivity index (χ1) is 31.7. The normalized spacial score (nSPS) is 12.3. The van der Waals surface area contributed by atoms with Gasteiger partial charge in [-0.1, -0.05) is 157 Å². The predicted octanol–water partition coefficient (Wildman–Crippen LogP) is 15.1. The maximum atomic E-state index is 6.35. The molecule has 0 aliphatic carbocycles. The van der Waals surface area contributed by atoms with E-state index in [0.29, 0.717) is 17.5 Å². The van der Waals surface area contributed by atoms with Crippen molar-refractivity contribution in [2.75, 3.05) is 0 Å². The molecule has 0 saturated heterocycles. The van der Waals surface area contributed by atoms with E-state index in [-0.39, 0.29) is 0 Å². The van der Waals surface area contributed by atoms with Gasteiger partial charge in [-0.2, -0.15) is 0 Å². The first kappa shape index (κ1) is 35.3. The van der Waals surface area contributed by atoms with Crippen molar-refractivity contribution < 1.29 is 4.42 Å². The number of rotatable bonds is 5. The van der Waals surface area contributed by atoms with Crippen molar-refractivity contribution in [1.82, 2.24) is 24.1 Å². The van der Waals surface area contributed by atoms with E-state index in [2.05, 4.69) is 179 Å². The molecule has 0 amide bonds. The van der Waals surface area contributed by atoms with Crippen LogP contribution in [0, 0.1) is 0 Å². The van der Waals surface area contributed by atoms with E-state index in [1.807, 2.05) is 42.1 Å². The van der Waals surface area contributed by atoms with Gasteiger partial charge in [0.25, 0.3) is 0 Å². The van der Waals surface area contributed by atoms with Crippen LogP contribution in [0.15, 0.2) is 214 Å². The molecule has 13 aromatic rings. The van der Waals surface area contributed by atoms with Crippen molar-refractivity contribution in [1.29, 1.82) is 0 Å². The minimum absolute atomic E-state index is 0.589. The molecular weight excluding hydrogens is 803 g/mol. The van der Waals surface area contributed by atoms with Crippen molar-refractivity contribution in [3.8, 4) is 56.7 Å². The highest BCUT2D eigenvalue weighted by atomic mass is 32.2. The molecule has 0 atom stereocenters. The molecule has 7 heteroatoms. The molecule has 0 N–H and O–H groups in total. The zero-order valence-electron chi connectivity index (χ0n) is 34.1. The lowest BCUT2D eigenvalue weighted by atomic mass is 9.97. The summed E-state index contributed by atoms with van der Waals surface area (Å²) < 4.78 is 11.3. The van der Waals surface area contributed by atoms with Crippen LogP contribution in [0.2, 0.25) is 0 Å². The Bertz CT molecular complexity index is 4060. The summed E-state index contributed by atoms with van der Waals surface area (Å²) in [5, 5.41) is 7.89. The summed E-state index contributed by atoms with van der Waals surface area (Å²) in [6.45, 7) is 0. The van der Waals surface area contributed by atoms with E-state index in [4.69, 9.17) is 19.4 Å². The Morgan fingerprint density at radius 1 is 0.406 bits per heavy atom. The molecule has 1 aliphatic heterocycles. The minimum Gasteiger partial charge on any atom is -0.456 e. The van der Waals surface area contributed by atoms with Gasteiger partial charge in [0.05, 0.1) is 16.7 Å². The first-order valence-electron chi connectivity index (χ1n) is 21.4. The molecule has 64 heavy (non-hydrogen) atoms. The summed E-state index contributed by atoms with van der Waals surface area (Å²) >= 11 is 1.85. The molecule has 0 unspecified atom stereocenters. The number of benzene rings is 9. The monoisotopic (exact) mass is 835 g/mol. The van der Waals surface area contributed by atoms with Gasteiger partial charge in [0.15, 0.2) is 17.5 Å². The van der Waals surface area contributed by atoms with Gasteiger partial charge in [0, 0.05) is 59.1 Å². The zero-order chi connectivity index (χ0) is 41.9. The largest absolute Gasteiger partial charge is 0.456 e. The predicted molar refractivity (Wildman–Crippen MR) is 262 cm³/mol. The molecule has 6 nitrogen and oxygen atoms in total. The second-order valence-corrected chi connectivity index (χ2v) is 17.4. The highest BCUT2D eigenvalue weighted by Crippen LogP contribution is 2.51. The minimum atomic E-state index is 0.589. The van der Waals surface area contributed by atoms with Gasteiger partial charge in [-0.05, 0) is 76.5 Å². The molecule has 4 aromatic heterocycles. The highest BCUT2D eigenvalue weighted by molar-refractivity contribution is 7.99. The van der Waals surface area contributed by atoms with Crippen LogP contribution < -0.4 is 0 Å². The Balaban J connectivity index is 1.03. The van der Waals surface area contributed by atoms with Gasteiger partial charge >= 0.3 is 0 Å². The molecule has 0 radical (unpaired) electrons. The number of nitrogens with zero attached hydrogens (tertiary/aromatic N) is 5. The summed E-state index contributed by atoms with van der Waals surface area (Å²) in [6, 6.07) is 70.7. The zero-order valence-corrected chi connectivity index (χ0v) is 34.9. The molecule has 0 fully saturated rings. The van der Waals surface area contributed by atoms with E-state index in [0.717, 1.165) is 77.4 Å². The van der Waals surface area contributed by atoms with Gasteiger partial charge in [-0.25, -0.2) is 15.0 Å². The van der Waals surface area contributed by atoms with Crippen LogP contribution in [0.4, 0.5) is 0 Å². The van der Waals surface area contributed by atoms with Gasteiger partial charge in [0.2, 0.25) is 0 Å². The van der Waals surface area contributed by atoms with E-state index in [1.165, 1.54) is 37.2 Å². The molecule has 0 bridgehead atoms. The summed E-state index contributed by atoms with van der Waals surface area (Å²) in [5.74, 6) is 1.80. The molecule has 0 saturated carbocycles. The maximum absolute atomic E-state index is 6.35. The smallest absolute Gasteiger partial charge is 0.164 e. The Morgan fingerprint density at radius 3 is 1.98 bits per heavy atom. The number of hydrogen-bond acceptors (Lipinski definition) is 5. The van der Waals surface area contributed by atoms with Crippen molar-refractivity contribution in [3.05, 3.63) is 200 Å². The fraction of sp³-hybridized carbons (Fsp3) is 0. The topological polar surface area (TPSA) is 61.7 Å². The fourth-order valence-corrected chi connectivity index (χ4v) is 11.1. The van der Waals surface area contributed by atoms with Gasteiger partial charge < -0.3 is 4.42 Å². The lowest BCUT2D eigenvalue weighted by Crippen LogP contribution is -2.05. The number of hydrogen-bond donors (Lipinski definition) is 0. The van der Waals surface area contributed by atoms with Crippen LogP contribution in [-0.4, -0.2) is 24.1 Å². The second-order valence-electron chi connectivity index (χ2n) is 16.3. The molecule has 14 rings (SSSR count). The third kappa shape index (κ3) is 5.13. The van der Waals surface area contributed by atoms with Crippen molar-refractivity contribution in [2.24, 2.45) is 0 Å². The van der Waals surface area contributed by atoms with Crippen molar-refractivity contribution >= 4 is 77.3 Å².